The predicted octanol–water partition coefficient (Wildman–Crippen LogP) is -3.72. The van der Waals surface area contributed by atoms with Crippen LogP contribution >= 0.6 is 0 Å². The number of aliphatic carboxylic acids is 1. The number of aliphatic imine (C=N–C) groups is 2. The number of hydrogen-bond donors (Lipinski definition) is 11. The Morgan fingerprint density at radius 3 is 1.62 bits per heavy atom. The van der Waals surface area contributed by atoms with Crippen molar-refractivity contribution in [2.24, 2.45) is 50.5 Å². The summed E-state index contributed by atoms with van der Waals surface area (Å²) in [4.78, 5) is 84.0. The number of nitrogens with zero attached hydrogens (tertiary/aromatic N) is 2. The second-order valence-electron chi connectivity index (χ2n) is 11.5. The third-order valence-electron chi connectivity index (χ3n) is 6.91. The molecular formula is C28H54N12O7. The molecule has 0 heterocycles. The van der Waals surface area contributed by atoms with Crippen LogP contribution in [0.5, 0.6) is 0 Å². The van der Waals surface area contributed by atoms with Crippen LogP contribution in [-0.2, 0) is 28.8 Å². The molecule has 0 aliphatic rings. The maximum atomic E-state index is 13.6. The van der Waals surface area contributed by atoms with Crippen molar-refractivity contribution in [1.82, 2.24) is 26.6 Å². The first-order valence-corrected chi connectivity index (χ1v) is 15.5. The van der Waals surface area contributed by atoms with Crippen LogP contribution in [0.15, 0.2) is 9.98 Å². The maximum absolute atomic E-state index is 13.6. The molecule has 0 aliphatic carbocycles. The molecule has 16 N–H and O–H groups in total. The highest BCUT2D eigenvalue weighted by atomic mass is 16.4. The van der Waals surface area contributed by atoms with E-state index in [0.717, 1.165) is 0 Å². The van der Waals surface area contributed by atoms with Gasteiger partial charge in [-0.05, 0) is 43.9 Å². The number of amides is 5. The molecule has 0 rings (SSSR count). The second-order valence-corrected chi connectivity index (χ2v) is 11.5. The zero-order chi connectivity index (χ0) is 36.1. The molecule has 5 amide bonds. The number of carbonyl (C=O) groups is 6. The molecule has 0 aromatic carbocycles. The molecule has 0 aliphatic heterocycles. The molecule has 0 fully saturated rings. The predicted molar refractivity (Wildman–Crippen MR) is 176 cm³/mol. The van der Waals surface area contributed by atoms with E-state index in [4.69, 9.17) is 33.8 Å². The zero-order valence-corrected chi connectivity index (χ0v) is 27.7. The van der Waals surface area contributed by atoms with Gasteiger partial charge in [0.1, 0.15) is 30.7 Å². The zero-order valence-electron chi connectivity index (χ0n) is 27.7. The standard InChI is InChI=1S/C28H54N12O7/c1-5-16(4)22(40-20(41)13-29)26(47)38-18(9-7-11-35-28(32)33)24(45)39-19(12-15(2)3)25(46)37-17(8-6-10-34-27(30)31)23(44)36-14-21(42)43/h15-19,22H,5-14,29H2,1-4H3,(H,36,44)(H,37,46)(H,38,47)(H,39,45)(H,40,41)(H,42,43)(H4,30,31,34)(H4,32,33,35)/t16-,17-,18-,19-,22-/m0/s1. The van der Waals surface area contributed by atoms with Crippen molar-refractivity contribution < 1.29 is 33.9 Å². The van der Waals surface area contributed by atoms with E-state index in [9.17, 15) is 28.8 Å². The van der Waals surface area contributed by atoms with E-state index < -0.39 is 66.2 Å². The fraction of sp³-hybridized carbons (Fsp3) is 0.714. The molecule has 0 saturated heterocycles. The monoisotopic (exact) mass is 670 g/mol. The number of carbonyl (C=O) groups excluding carboxylic acids is 5. The highest BCUT2D eigenvalue weighted by Gasteiger charge is 2.32. The molecule has 47 heavy (non-hydrogen) atoms. The molecule has 19 heteroatoms. The van der Waals surface area contributed by atoms with E-state index in [2.05, 4.69) is 36.6 Å². The van der Waals surface area contributed by atoms with Gasteiger partial charge in [-0.2, -0.15) is 0 Å². The van der Waals surface area contributed by atoms with E-state index in [1.165, 1.54) is 0 Å². The lowest BCUT2D eigenvalue weighted by molar-refractivity contribution is -0.138. The molecule has 0 aromatic heterocycles. The number of nitrogens with one attached hydrogen (secondary N) is 5. The van der Waals surface area contributed by atoms with Crippen LogP contribution in [0, 0.1) is 11.8 Å². The third kappa shape index (κ3) is 18.8. The van der Waals surface area contributed by atoms with Crippen molar-refractivity contribution in [3.63, 3.8) is 0 Å². The molecule has 0 radical (unpaired) electrons. The van der Waals surface area contributed by atoms with Gasteiger partial charge in [-0.1, -0.05) is 34.1 Å². The largest absolute Gasteiger partial charge is 0.480 e. The Morgan fingerprint density at radius 1 is 0.702 bits per heavy atom. The lowest BCUT2D eigenvalue weighted by atomic mass is 9.97. The summed E-state index contributed by atoms with van der Waals surface area (Å²) in [5.74, 6) is -5.30. The summed E-state index contributed by atoms with van der Waals surface area (Å²) in [6.45, 7) is 6.55. The van der Waals surface area contributed by atoms with Crippen LogP contribution in [0.25, 0.3) is 0 Å². The van der Waals surface area contributed by atoms with Gasteiger partial charge in [-0.25, -0.2) is 0 Å². The molecule has 0 bridgehead atoms. The first kappa shape index (κ1) is 42.3. The maximum Gasteiger partial charge on any atom is 0.322 e. The molecule has 0 saturated carbocycles. The molecule has 5 atom stereocenters. The van der Waals surface area contributed by atoms with E-state index >= 15 is 0 Å². The highest BCUT2D eigenvalue weighted by molar-refractivity contribution is 5.96. The third-order valence-corrected chi connectivity index (χ3v) is 6.91. The van der Waals surface area contributed by atoms with Crippen molar-refractivity contribution in [3.8, 4) is 0 Å². The van der Waals surface area contributed by atoms with Gasteiger partial charge in [0.05, 0.1) is 6.54 Å². The first-order valence-electron chi connectivity index (χ1n) is 15.5. The average molecular weight is 671 g/mol. The number of guanidine groups is 2. The summed E-state index contributed by atoms with van der Waals surface area (Å²) in [7, 11) is 0. The number of rotatable bonds is 23. The van der Waals surface area contributed by atoms with Crippen molar-refractivity contribution in [3.05, 3.63) is 0 Å². The van der Waals surface area contributed by atoms with Crippen molar-refractivity contribution in [1.29, 1.82) is 0 Å². The summed E-state index contributed by atoms with van der Waals surface area (Å²) in [6.07, 6.45) is 1.38. The Morgan fingerprint density at radius 2 is 1.17 bits per heavy atom. The second kappa shape index (κ2) is 22.8. The number of nitrogens with two attached hydrogens (primary N) is 5. The summed E-state index contributed by atoms with van der Waals surface area (Å²) in [5.41, 5.74) is 26.9. The van der Waals surface area contributed by atoms with Gasteiger partial charge in [-0.15, -0.1) is 0 Å². The summed E-state index contributed by atoms with van der Waals surface area (Å²) < 4.78 is 0. The molecule has 0 unspecified atom stereocenters. The molecule has 19 nitrogen and oxygen atoms in total. The minimum Gasteiger partial charge on any atom is -0.480 e. The lowest BCUT2D eigenvalue weighted by Gasteiger charge is -2.28. The van der Waals surface area contributed by atoms with Crippen LogP contribution in [-0.4, -0.2) is 103 Å². The quantitative estimate of drug-likeness (QED) is 0.0284. The summed E-state index contributed by atoms with van der Waals surface area (Å²) >= 11 is 0. The van der Waals surface area contributed by atoms with Gasteiger partial charge >= 0.3 is 5.97 Å². The smallest absolute Gasteiger partial charge is 0.322 e. The Hall–Kier alpha value is -4.68. The summed E-state index contributed by atoms with van der Waals surface area (Å²) in [5, 5.41) is 21.7. The highest BCUT2D eigenvalue weighted by Crippen LogP contribution is 2.11. The number of hydrogen-bond acceptors (Lipinski definition) is 9. The van der Waals surface area contributed by atoms with Crippen LogP contribution in [0.3, 0.4) is 0 Å². The normalized spacial score (nSPS) is 13.9. The van der Waals surface area contributed by atoms with Crippen molar-refractivity contribution in [2.45, 2.75) is 90.4 Å². The Bertz CT molecular complexity index is 1110. The van der Waals surface area contributed by atoms with Gasteiger partial charge < -0.3 is 60.4 Å². The van der Waals surface area contributed by atoms with Crippen LogP contribution in [0.4, 0.5) is 0 Å². The molecule has 0 spiro atoms. The van der Waals surface area contributed by atoms with Crippen molar-refractivity contribution in [2.75, 3.05) is 26.2 Å². The van der Waals surface area contributed by atoms with Gasteiger partial charge in [-0.3, -0.25) is 38.8 Å². The Labute approximate surface area is 275 Å². The van der Waals surface area contributed by atoms with Crippen LogP contribution < -0.4 is 55.3 Å². The van der Waals surface area contributed by atoms with E-state index in [0.29, 0.717) is 6.42 Å². The van der Waals surface area contributed by atoms with E-state index in [-0.39, 0.29) is 75.5 Å². The lowest BCUT2D eigenvalue weighted by Crippen LogP contribution is -2.59. The average Bonchev–Trinajstić information content (AvgIpc) is 2.99. The minimum absolute atomic E-state index is 0.0608. The SMILES string of the molecule is CC[C@H](C)[C@H](NC(=O)CN)C(=O)N[C@@H](CCCN=C(N)N)C(=O)N[C@@H](CC(C)C)C(=O)N[C@@H](CCCN=C(N)N)C(=O)NCC(=O)O. The summed E-state index contributed by atoms with van der Waals surface area (Å²) in [6, 6.07) is -4.45. The van der Waals surface area contributed by atoms with E-state index in [1.54, 1.807) is 6.92 Å². The minimum atomic E-state index is -1.28. The van der Waals surface area contributed by atoms with E-state index in [1.807, 2.05) is 20.8 Å². The molecular weight excluding hydrogens is 616 g/mol. The fourth-order valence-electron chi connectivity index (χ4n) is 4.27. The Kier molecular flexibility index (Phi) is 20.5. The van der Waals surface area contributed by atoms with Gasteiger partial charge in [0.15, 0.2) is 11.9 Å². The van der Waals surface area contributed by atoms with Crippen molar-refractivity contribution >= 4 is 47.4 Å². The van der Waals surface area contributed by atoms with Gasteiger partial charge in [0, 0.05) is 13.1 Å². The fourth-order valence-corrected chi connectivity index (χ4v) is 4.27. The molecule has 0 aromatic rings. The topological polar surface area (TPSA) is 338 Å². The van der Waals surface area contributed by atoms with Crippen LogP contribution in [0.1, 0.15) is 66.2 Å². The molecule has 268 valence electrons. The van der Waals surface area contributed by atoms with Crippen LogP contribution in [0.2, 0.25) is 0 Å². The first-order chi connectivity index (χ1) is 22.0. The van der Waals surface area contributed by atoms with Gasteiger partial charge in [0.25, 0.3) is 0 Å². The number of carboxylic acids is 1. The van der Waals surface area contributed by atoms with Gasteiger partial charge in [0.2, 0.25) is 29.5 Å². The Balaban J connectivity index is 6.13. The number of carboxylic acid groups (broad SMARTS) is 1.